The molecule has 5 heteroatoms. The number of hydrogen-bond donors (Lipinski definition) is 4. The van der Waals surface area contributed by atoms with E-state index in [-0.39, 0.29) is 5.92 Å². The number of aliphatic hydroxyl groups excluding tert-OH is 2. The van der Waals surface area contributed by atoms with Crippen LogP contribution in [0.15, 0.2) is 0 Å². The average molecular weight is 233 g/mol. The van der Waals surface area contributed by atoms with Gasteiger partial charge >= 0.3 is 5.97 Å². The summed E-state index contributed by atoms with van der Waals surface area (Å²) in [6, 6.07) is 0. The minimum atomic E-state index is -0.625. The first-order valence-corrected chi connectivity index (χ1v) is 5.78. The quantitative estimate of drug-likeness (QED) is 0.544. The maximum absolute atomic E-state index is 10.4. The Morgan fingerprint density at radius 1 is 1.12 bits per heavy atom. The van der Waals surface area contributed by atoms with E-state index in [0.29, 0.717) is 0 Å². The molecule has 16 heavy (non-hydrogen) atoms. The Hall–Kier alpha value is -0.650. The lowest BCUT2D eigenvalue weighted by molar-refractivity contribution is -0.142. The van der Waals surface area contributed by atoms with E-state index < -0.39 is 18.4 Å². The van der Waals surface area contributed by atoms with Gasteiger partial charge in [0.15, 0.2) is 0 Å². The van der Waals surface area contributed by atoms with Crippen molar-refractivity contribution in [3.63, 3.8) is 0 Å². The number of carboxylic acids is 1. The molecule has 1 fully saturated rings. The Kier molecular flexibility index (Phi) is 8.15. The molecule has 2 unspecified atom stereocenters. The Balaban J connectivity index is 0.000000293. The van der Waals surface area contributed by atoms with Gasteiger partial charge in [0.1, 0.15) is 12.5 Å². The summed E-state index contributed by atoms with van der Waals surface area (Å²) >= 11 is 0. The van der Waals surface area contributed by atoms with Crippen LogP contribution in [0.1, 0.15) is 46.0 Å². The lowest BCUT2D eigenvalue weighted by Gasteiger charge is -2.16. The zero-order valence-corrected chi connectivity index (χ0v) is 10.0. The highest BCUT2D eigenvalue weighted by atomic mass is 16.4. The third-order valence-electron chi connectivity index (χ3n) is 2.44. The predicted octanol–water partition coefficient (Wildman–Crippen LogP) is 0.904. The van der Waals surface area contributed by atoms with Crippen LogP contribution < -0.4 is 5.32 Å². The molecule has 4 N–H and O–H groups in total. The van der Waals surface area contributed by atoms with Gasteiger partial charge in [-0.1, -0.05) is 19.3 Å². The van der Waals surface area contributed by atoms with Gasteiger partial charge in [-0.15, -0.1) is 0 Å². The lowest BCUT2D eigenvalue weighted by atomic mass is 9.90. The lowest BCUT2D eigenvalue weighted by Crippen LogP contribution is -2.33. The minimum Gasteiger partial charge on any atom is -0.481 e. The minimum absolute atomic E-state index is 0.0289. The summed E-state index contributed by atoms with van der Waals surface area (Å²) < 4.78 is 0. The fraction of sp³-hybridized carbons (Fsp3) is 0.909. The molecule has 0 aromatic heterocycles. The zero-order chi connectivity index (χ0) is 12.6. The first-order valence-electron chi connectivity index (χ1n) is 5.78. The van der Waals surface area contributed by atoms with Crippen LogP contribution in [0.25, 0.3) is 0 Å². The molecular formula is C11H23NO4. The molecule has 1 rings (SSSR count). The molecule has 1 aliphatic rings. The second kappa shape index (κ2) is 8.50. The van der Waals surface area contributed by atoms with Gasteiger partial charge in [-0.25, -0.2) is 0 Å². The Morgan fingerprint density at radius 3 is 1.75 bits per heavy atom. The molecule has 0 spiro atoms. The van der Waals surface area contributed by atoms with Crippen LogP contribution in [0.2, 0.25) is 0 Å². The van der Waals surface area contributed by atoms with Crippen LogP contribution in [0, 0.1) is 5.92 Å². The van der Waals surface area contributed by atoms with Crippen LogP contribution in [0.4, 0.5) is 0 Å². The van der Waals surface area contributed by atoms with E-state index in [1.54, 1.807) is 13.8 Å². The van der Waals surface area contributed by atoms with E-state index in [1.165, 1.54) is 6.42 Å². The van der Waals surface area contributed by atoms with Crippen molar-refractivity contribution in [3.8, 4) is 0 Å². The molecule has 0 saturated heterocycles. The highest BCUT2D eigenvalue weighted by molar-refractivity contribution is 5.69. The monoisotopic (exact) mass is 233 g/mol. The molecule has 0 aromatic rings. The van der Waals surface area contributed by atoms with E-state index in [0.717, 1.165) is 25.7 Å². The largest absolute Gasteiger partial charge is 0.481 e. The van der Waals surface area contributed by atoms with Crippen molar-refractivity contribution >= 4 is 5.97 Å². The summed E-state index contributed by atoms with van der Waals surface area (Å²) in [6.07, 6.45) is 3.99. The number of aliphatic hydroxyl groups is 2. The molecular weight excluding hydrogens is 210 g/mol. The normalized spacial score (nSPS) is 20.5. The van der Waals surface area contributed by atoms with E-state index >= 15 is 0 Å². The van der Waals surface area contributed by atoms with Gasteiger partial charge in [-0.3, -0.25) is 10.1 Å². The Labute approximate surface area is 96.5 Å². The van der Waals surface area contributed by atoms with Crippen molar-refractivity contribution in [2.45, 2.75) is 58.4 Å². The van der Waals surface area contributed by atoms with Crippen LogP contribution >= 0.6 is 0 Å². The highest BCUT2D eigenvalue weighted by Gasteiger charge is 2.19. The summed E-state index contributed by atoms with van der Waals surface area (Å²) in [5.41, 5.74) is 0. The number of carboxylic acid groups (broad SMARTS) is 1. The molecule has 1 saturated carbocycles. The van der Waals surface area contributed by atoms with Crippen molar-refractivity contribution in [1.29, 1.82) is 0 Å². The highest BCUT2D eigenvalue weighted by Crippen LogP contribution is 2.23. The fourth-order valence-electron chi connectivity index (χ4n) is 1.70. The van der Waals surface area contributed by atoms with Gasteiger partial charge in [0.25, 0.3) is 0 Å². The fourth-order valence-corrected chi connectivity index (χ4v) is 1.70. The maximum Gasteiger partial charge on any atom is 0.306 e. The first kappa shape index (κ1) is 15.3. The van der Waals surface area contributed by atoms with Crippen LogP contribution in [-0.4, -0.2) is 33.7 Å². The molecule has 1 aliphatic carbocycles. The van der Waals surface area contributed by atoms with E-state index in [2.05, 4.69) is 5.32 Å². The van der Waals surface area contributed by atoms with Crippen molar-refractivity contribution in [2.75, 3.05) is 0 Å². The SMILES string of the molecule is CC(O)NC(C)O.O=C(O)C1CCCCC1. The summed E-state index contributed by atoms with van der Waals surface area (Å²) in [6.45, 7) is 3.10. The van der Waals surface area contributed by atoms with Gasteiger partial charge in [0.05, 0.1) is 5.92 Å². The molecule has 0 bridgehead atoms. The third kappa shape index (κ3) is 8.64. The van der Waals surface area contributed by atoms with Gasteiger partial charge in [-0.05, 0) is 26.7 Å². The predicted molar refractivity (Wildman–Crippen MR) is 60.7 cm³/mol. The Bertz CT molecular complexity index is 182. The van der Waals surface area contributed by atoms with Crippen LogP contribution in [-0.2, 0) is 4.79 Å². The molecule has 0 heterocycles. The average Bonchev–Trinajstić information content (AvgIpc) is 2.17. The molecule has 96 valence electrons. The molecule has 0 aliphatic heterocycles. The molecule has 2 atom stereocenters. The van der Waals surface area contributed by atoms with Gasteiger partial charge in [0, 0.05) is 0 Å². The third-order valence-corrected chi connectivity index (χ3v) is 2.44. The topological polar surface area (TPSA) is 89.8 Å². The van der Waals surface area contributed by atoms with Gasteiger partial charge < -0.3 is 15.3 Å². The van der Waals surface area contributed by atoms with E-state index in [9.17, 15) is 4.79 Å². The first-order chi connectivity index (χ1) is 7.43. The summed E-state index contributed by atoms with van der Waals surface area (Å²) in [4.78, 5) is 10.4. The summed E-state index contributed by atoms with van der Waals surface area (Å²) in [7, 11) is 0. The van der Waals surface area contributed by atoms with Crippen molar-refractivity contribution in [1.82, 2.24) is 5.32 Å². The van der Waals surface area contributed by atoms with Crippen LogP contribution in [0.3, 0.4) is 0 Å². The summed E-state index contributed by atoms with van der Waals surface area (Å²) in [5.74, 6) is -0.631. The Morgan fingerprint density at radius 2 is 1.56 bits per heavy atom. The zero-order valence-electron chi connectivity index (χ0n) is 10.0. The maximum atomic E-state index is 10.4. The van der Waals surface area contributed by atoms with E-state index in [4.69, 9.17) is 15.3 Å². The second-order valence-electron chi connectivity index (χ2n) is 4.19. The number of rotatable bonds is 3. The molecule has 0 amide bonds. The van der Waals surface area contributed by atoms with Crippen LogP contribution in [0.5, 0.6) is 0 Å². The van der Waals surface area contributed by atoms with Crippen molar-refractivity contribution in [2.24, 2.45) is 5.92 Å². The number of nitrogens with one attached hydrogen (secondary N) is 1. The molecule has 0 aromatic carbocycles. The van der Waals surface area contributed by atoms with Gasteiger partial charge in [-0.2, -0.15) is 0 Å². The smallest absolute Gasteiger partial charge is 0.306 e. The molecule has 5 nitrogen and oxygen atoms in total. The summed E-state index contributed by atoms with van der Waals surface area (Å²) in [5, 5.41) is 27.9. The van der Waals surface area contributed by atoms with E-state index in [1.807, 2.05) is 0 Å². The second-order valence-corrected chi connectivity index (χ2v) is 4.19. The van der Waals surface area contributed by atoms with Gasteiger partial charge in [0.2, 0.25) is 0 Å². The number of aliphatic carboxylic acids is 1. The van der Waals surface area contributed by atoms with Crippen molar-refractivity contribution in [3.05, 3.63) is 0 Å². The molecule has 0 radical (unpaired) electrons. The number of carbonyl (C=O) groups is 1. The van der Waals surface area contributed by atoms with Crippen molar-refractivity contribution < 1.29 is 20.1 Å². The standard InChI is InChI=1S/C7H12O2.C4H11NO2/c8-7(9)6-4-2-1-3-5-6;1-3(6)5-4(2)7/h6H,1-5H2,(H,8,9);3-7H,1-2H3. The number of hydrogen-bond acceptors (Lipinski definition) is 4.